The van der Waals surface area contributed by atoms with Crippen LogP contribution in [0, 0.1) is 11.3 Å². The van der Waals surface area contributed by atoms with E-state index >= 15 is 0 Å². The van der Waals surface area contributed by atoms with E-state index in [0.29, 0.717) is 11.3 Å². The van der Waals surface area contributed by atoms with E-state index in [1.807, 2.05) is 25.5 Å². The van der Waals surface area contributed by atoms with Crippen molar-refractivity contribution in [3.63, 3.8) is 0 Å². The van der Waals surface area contributed by atoms with Crippen molar-refractivity contribution < 1.29 is 0 Å². The van der Waals surface area contributed by atoms with E-state index in [4.69, 9.17) is 0 Å². The van der Waals surface area contributed by atoms with Crippen molar-refractivity contribution in [2.24, 2.45) is 7.05 Å². The summed E-state index contributed by atoms with van der Waals surface area (Å²) in [6.45, 7) is 3.71. The van der Waals surface area contributed by atoms with Gasteiger partial charge in [0, 0.05) is 62.3 Å². The van der Waals surface area contributed by atoms with E-state index in [9.17, 15) is 5.26 Å². The van der Waals surface area contributed by atoms with Crippen LogP contribution in [0.4, 0.5) is 5.82 Å². The Morgan fingerprint density at radius 3 is 2.42 bits per heavy atom. The Bertz CT molecular complexity index is 1220. The summed E-state index contributed by atoms with van der Waals surface area (Å²) in [6.07, 6.45) is 10.8. The minimum atomic E-state index is 0. The summed E-state index contributed by atoms with van der Waals surface area (Å²) in [5, 5.41) is 21.5. The number of rotatable bonds is 3. The van der Waals surface area contributed by atoms with Crippen LogP contribution in [-0.4, -0.2) is 55.5 Å². The molecule has 5 rings (SSSR count). The Balaban J connectivity index is 0.00000136. The zero-order chi connectivity index (χ0) is 19.8. The lowest BCUT2D eigenvalue weighted by Gasteiger charge is -2.28. The minimum absolute atomic E-state index is 0. The first-order valence-corrected chi connectivity index (χ1v) is 9.41. The molecule has 9 nitrogen and oxygen atoms in total. The smallest absolute Gasteiger partial charge is 0.147 e. The average Bonchev–Trinajstić information content (AvgIpc) is 3.40. The average molecular weight is 458 g/mol. The summed E-state index contributed by atoms with van der Waals surface area (Å²) in [6, 6.07) is 4.24. The van der Waals surface area contributed by atoms with E-state index in [2.05, 4.69) is 36.5 Å². The lowest BCUT2D eigenvalue weighted by atomic mass is 10.0. The Labute approximate surface area is 191 Å². The number of aromatic nitrogens is 6. The van der Waals surface area contributed by atoms with Gasteiger partial charge in [0.15, 0.2) is 0 Å². The molecule has 4 aromatic heterocycles. The van der Waals surface area contributed by atoms with Crippen molar-refractivity contribution in [2.45, 2.75) is 0 Å². The molecule has 0 unspecified atom stereocenters. The molecule has 0 amide bonds. The number of pyridine rings is 1. The molecular formula is C20H21Cl2N9. The fourth-order valence-corrected chi connectivity index (χ4v) is 3.64. The first-order valence-electron chi connectivity index (χ1n) is 9.41. The molecule has 160 valence electrons. The van der Waals surface area contributed by atoms with Crippen molar-refractivity contribution in [2.75, 3.05) is 31.1 Å². The fourth-order valence-electron chi connectivity index (χ4n) is 3.64. The highest BCUT2D eigenvalue weighted by molar-refractivity contribution is 5.86. The van der Waals surface area contributed by atoms with Crippen LogP contribution in [0.5, 0.6) is 0 Å². The summed E-state index contributed by atoms with van der Waals surface area (Å²) < 4.78 is 3.48. The molecule has 0 radical (unpaired) electrons. The second-order valence-corrected chi connectivity index (χ2v) is 7.01. The third kappa shape index (κ3) is 4.18. The number of halogens is 2. The van der Waals surface area contributed by atoms with Gasteiger partial charge in [0.1, 0.15) is 11.9 Å². The van der Waals surface area contributed by atoms with E-state index < -0.39 is 0 Å². The van der Waals surface area contributed by atoms with Gasteiger partial charge in [-0.1, -0.05) is 0 Å². The Morgan fingerprint density at radius 1 is 0.968 bits per heavy atom. The quantitative estimate of drug-likeness (QED) is 0.503. The number of hydrogen-bond donors (Lipinski definition) is 1. The first-order chi connectivity index (χ1) is 14.2. The molecule has 1 saturated heterocycles. The number of fused-ring (bicyclic) bond motifs is 1. The maximum absolute atomic E-state index is 9.53. The van der Waals surface area contributed by atoms with E-state index in [1.165, 1.54) is 0 Å². The lowest BCUT2D eigenvalue weighted by molar-refractivity contribution is 0.584. The van der Waals surface area contributed by atoms with Gasteiger partial charge < -0.3 is 10.2 Å². The van der Waals surface area contributed by atoms with Gasteiger partial charge in [-0.25, -0.2) is 9.50 Å². The molecule has 0 saturated carbocycles. The van der Waals surface area contributed by atoms with E-state index in [1.54, 1.807) is 34.0 Å². The monoisotopic (exact) mass is 457 g/mol. The molecule has 0 spiro atoms. The molecule has 11 heteroatoms. The van der Waals surface area contributed by atoms with Gasteiger partial charge >= 0.3 is 0 Å². The molecule has 4 aromatic rings. The number of piperazine rings is 1. The van der Waals surface area contributed by atoms with Crippen LogP contribution in [0.3, 0.4) is 0 Å². The summed E-state index contributed by atoms with van der Waals surface area (Å²) in [7, 11) is 1.88. The van der Waals surface area contributed by atoms with E-state index in [0.717, 1.165) is 54.2 Å². The van der Waals surface area contributed by atoms with Gasteiger partial charge in [-0.2, -0.15) is 15.5 Å². The van der Waals surface area contributed by atoms with Gasteiger partial charge in [0.2, 0.25) is 0 Å². The van der Waals surface area contributed by atoms with Crippen LogP contribution in [0.25, 0.3) is 27.9 Å². The van der Waals surface area contributed by atoms with Crippen LogP contribution in [-0.2, 0) is 7.05 Å². The molecule has 0 atom stereocenters. The number of nitrogens with zero attached hydrogens (tertiary/aromatic N) is 8. The van der Waals surface area contributed by atoms with Crippen molar-refractivity contribution in [1.82, 2.24) is 34.7 Å². The van der Waals surface area contributed by atoms with Crippen LogP contribution in [0.1, 0.15) is 5.56 Å². The molecule has 0 bridgehead atoms. The normalized spacial score (nSPS) is 13.4. The second kappa shape index (κ2) is 9.31. The summed E-state index contributed by atoms with van der Waals surface area (Å²) >= 11 is 0. The number of anilines is 1. The largest absolute Gasteiger partial charge is 0.353 e. The van der Waals surface area contributed by atoms with Gasteiger partial charge in [-0.3, -0.25) is 9.67 Å². The van der Waals surface area contributed by atoms with Crippen LogP contribution < -0.4 is 10.2 Å². The highest BCUT2D eigenvalue weighted by atomic mass is 35.5. The fraction of sp³-hybridized carbons (Fsp3) is 0.250. The molecule has 1 aliphatic rings. The molecule has 1 fully saturated rings. The third-order valence-electron chi connectivity index (χ3n) is 5.13. The van der Waals surface area contributed by atoms with Crippen LogP contribution in [0.15, 0.2) is 43.2 Å². The molecule has 31 heavy (non-hydrogen) atoms. The number of hydrogen-bond acceptors (Lipinski definition) is 7. The highest BCUT2D eigenvalue weighted by Gasteiger charge is 2.17. The number of nitrogens with one attached hydrogen (secondary N) is 1. The van der Waals surface area contributed by atoms with Gasteiger partial charge in [0.25, 0.3) is 0 Å². The van der Waals surface area contributed by atoms with E-state index in [-0.39, 0.29) is 24.8 Å². The summed E-state index contributed by atoms with van der Waals surface area (Å²) in [5.74, 6) is 0.865. The third-order valence-corrected chi connectivity index (χ3v) is 5.13. The number of nitriles is 1. The zero-order valence-electron chi connectivity index (χ0n) is 16.8. The topological polar surface area (TPSA) is 100.0 Å². The predicted octanol–water partition coefficient (Wildman–Crippen LogP) is 2.32. The number of aryl methyl sites for hydroxylation is 1. The van der Waals surface area contributed by atoms with Gasteiger partial charge in [-0.15, -0.1) is 24.8 Å². The van der Waals surface area contributed by atoms with Crippen LogP contribution >= 0.6 is 24.8 Å². The lowest BCUT2D eigenvalue weighted by Crippen LogP contribution is -2.43. The Morgan fingerprint density at radius 2 is 1.77 bits per heavy atom. The predicted molar refractivity (Wildman–Crippen MR) is 123 cm³/mol. The van der Waals surface area contributed by atoms with Gasteiger partial charge in [0.05, 0.1) is 41.6 Å². The Kier molecular flexibility index (Phi) is 6.75. The summed E-state index contributed by atoms with van der Waals surface area (Å²) in [4.78, 5) is 11.5. The highest BCUT2D eigenvalue weighted by Crippen LogP contribution is 2.31. The molecule has 1 N–H and O–H groups in total. The Hall–Kier alpha value is -3.19. The zero-order valence-corrected chi connectivity index (χ0v) is 18.4. The first kappa shape index (κ1) is 22.5. The minimum Gasteiger partial charge on any atom is -0.353 e. The van der Waals surface area contributed by atoms with Crippen molar-refractivity contribution in [1.29, 1.82) is 5.26 Å². The molecule has 0 aromatic carbocycles. The maximum atomic E-state index is 9.53. The van der Waals surface area contributed by atoms with Gasteiger partial charge in [-0.05, 0) is 6.07 Å². The second-order valence-electron chi connectivity index (χ2n) is 7.01. The maximum Gasteiger partial charge on any atom is 0.147 e. The molecule has 0 aliphatic carbocycles. The molecular weight excluding hydrogens is 437 g/mol. The van der Waals surface area contributed by atoms with Crippen molar-refractivity contribution >= 4 is 36.1 Å². The molecule has 5 heterocycles. The van der Waals surface area contributed by atoms with Crippen LogP contribution in [0.2, 0.25) is 0 Å². The molecule has 1 aliphatic heterocycles. The standard InChI is InChI=1S/C20H19N9.2ClH/c1-27-12-16(9-25-27)14-6-17(20-15(7-21)8-26-29(20)13-14)18-10-24-19(11-23-18)28-4-2-22-3-5-28;;/h6,8-13,22H,2-5H2,1H3;2*1H. The van der Waals surface area contributed by atoms with Crippen molar-refractivity contribution in [3.8, 4) is 28.5 Å². The SMILES string of the molecule is Cl.Cl.Cn1cc(-c2cc(-c3cnc(N4CCNCC4)cn3)c3c(C#N)cnn3c2)cn1. The van der Waals surface area contributed by atoms with Crippen molar-refractivity contribution in [3.05, 3.63) is 48.8 Å². The summed E-state index contributed by atoms with van der Waals surface area (Å²) in [5.41, 5.74) is 4.67.